The third-order valence-corrected chi connectivity index (χ3v) is 5.82. The molecule has 1 atom stereocenters. The number of ether oxygens (including phenoxy) is 1. The van der Waals surface area contributed by atoms with Crippen molar-refractivity contribution >= 4 is 21.6 Å². The fourth-order valence-corrected chi connectivity index (χ4v) is 4.41. The second-order valence-electron chi connectivity index (χ2n) is 6.14. The first-order chi connectivity index (χ1) is 12.5. The number of hydrogen-bond donors (Lipinski definition) is 1. The van der Waals surface area contributed by atoms with Crippen LogP contribution >= 0.6 is 0 Å². The largest absolute Gasteiger partial charge is 0.476 e. The monoisotopic (exact) mass is 374 g/mol. The summed E-state index contributed by atoms with van der Waals surface area (Å²) in [5, 5.41) is 2.77. The van der Waals surface area contributed by atoms with Crippen LogP contribution in [-0.2, 0) is 20.6 Å². The van der Waals surface area contributed by atoms with Gasteiger partial charge in [0.05, 0.1) is 18.0 Å². The number of benzene rings is 2. The highest BCUT2D eigenvalue weighted by Crippen LogP contribution is 2.35. The van der Waals surface area contributed by atoms with Crippen molar-refractivity contribution in [1.82, 2.24) is 5.32 Å². The summed E-state index contributed by atoms with van der Waals surface area (Å²) in [6, 6.07) is 15.9. The highest BCUT2D eigenvalue weighted by atomic mass is 32.2. The van der Waals surface area contributed by atoms with Gasteiger partial charge in [-0.1, -0.05) is 49.4 Å². The number of anilines is 1. The van der Waals surface area contributed by atoms with E-state index in [2.05, 4.69) is 5.32 Å². The topological polar surface area (TPSA) is 75.7 Å². The fourth-order valence-electron chi connectivity index (χ4n) is 2.83. The lowest BCUT2D eigenvalue weighted by Crippen LogP contribution is -2.51. The van der Waals surface area contributed by atoms with E-state index < -0.39 is 16.1 Å². The molecule has 26 heavy (non-hydrogen) atoms. The number of rotatable bonds is 6. The number of carbonyl (C=O) groups excluding carboxylic acids is 1. The van der Waals surface area contributed by atoms with E-state index in [4.69, 9.17) is 4.74 Å². The molecule has 138 valence electrons. The van der Waals surface area contributed by atoms with Gasteiger partial charge in [0, 0.05) is 6.54 Å². The first-order valence-electron chi connectivity index (χ1n) is 8.59. The lowest BCUT2D eigenvalue weighted by atomic mass is 10.2. The summed E-state index contributed by atoms with van der Waals surface area (Å²) in [7, 11) is -3.66. The van der Waals surface area contributed by atoms with Gasteiger partial charge >= 0.3 is 0 Å². The maximum Gasteiger partial charge on any atom is 0.263 e. The van der Waals surface area contributed by atoms with Gasteiger partial charge in [0.15, 0.2) is 6.10 Å². The molecule has 1 aliphatic heterocycles. The Labute approximate surface area is 153 Å². The van der Waals surface area contributed by atoms with Crippen LogP contribution in [-0.4, -0.2) is 33.5 Å². The van der Waals surface area contributed by atoms with Crippen LogP contribution in [0.4, 0.5) is 5.69 Å². The number of para-hydroxylation sites is 2. The zero-order valence-corrected chi connectivity index (χ0v) is 15.4. The van der Waals surface area contributed by atoms with E-state index in [1.807, 2.05) is 13.0 Å². The van der Waals surface area contributed by atoms with Crippen molar-refractivity contribution in [3.8, 4) is 5.75 Å². The van der Waals surface area contributed by atoms with E-state index in [1.54, 1.807) is 48.5 Å². The fraction of sp³-hybridized carbons (Fsp3) is 0.316. The predicted octanol–water partition coefficient (Wildman–Crippen LogP) is 2.31. The summed E-state index contributed by atoms with van der Waals surface area (Å²) >= 11 is 0. The van der Waals surface area contributed by atoms with Crippen LogP contribution < -0.4 is 14.4 Å². The summed E-state index contributed by atoms with van der Waals surface area (Å²) < 4.78 is 33.1. The molecular formula is C19H22N2O4S. The molecule has 7 heteroatoms. The number of hydrogen-bond acceptors (Lipinski definition) is 4. The van der Waals surface area contributed by atoms with Crippen LogP contribution in [0.1, 0.15) is 18.9 Å². The Morgan fingerprint density at radius 2 is 1.85 bits per heavy atom. The van der Waals surface area contributed by atoms with Crippen LogP contribution in [0, 0.1) is 0 Å². The Hall–Kier alpha value is -2.54. The molecule has 0 bridgehead atoms. The summed E-state index contributed by atoms with van der Waals surface area (Å²) in [6.07, 6.45) is -0.0765. The van der Waals surface area contributed by atoms with Gasteiger partial charge in [-0.3, -0.25) is 9.10 Å². The second kappa shape index (κ2) is 7.78. The number of carbonyl (C=O) groups is 1. The minimum absolute atomic E-state index is 0.0400. The highest BCUT2D eigenvalue weighted by molar-refractivity contribution is 7.92. The van der Waals surface area contributed by atoms with Gasteiger partial charge in [-0.2, -0.15) is 0 Å². The molecule has 2 aromatic carbocycles. The number of fused-ring (bicyclic) bond motifs is 1. The van der Waals surface area contributed by atoms with E-state index in [-0.39, 0.29) is 18.2 Å². The van der Waals surface area contributed by atoms with E-state index in [9.17, 15) is 13.2 Å². The average molecular weight is 374 g/mol. The molecule has 1 heterocycles. The minimum atomic E-state index is -3.66. The van der Waals surface area contributed by atoms with Gasteiger partial charge in [-0.05, 0) is 24.1 Å². The van der Waals surface area contributed by atoms with E-state index in [0.717, 1.165) is 6.42 Å². The SMILES string of the molecule is CCCNC(=O)C1CN(S(=O)(=O)Cc2ccccc2)c2ccccc2O1. The molecule has 0 aromatic heterocycles. The standard InChI is InChI=1S/C19H22N2O4S/c1-2-12-20-19(22)18-13-21(16-10-6-7-11-17(16)25-18)26(23,24)14-15-8-4-3-5-9-15/h3-11,18H,2,12-14H2,1H3,(H,20,22). The molecule has 0 radical (unpaired) electrons. The quantitative estimate of drug-likeness (QED) is 0.842. The van der Waals surface area contributed by atoms with Gasteiger partial charge in [-0.25, -0.2) is 8.42 Å². The smallest absolute Gasteiger partial charge is 0.263 e. The van der Waals surface area contributed by atoms with Gasteiger partial charge in [0.25, 0.3) is 5.91 Å². The first-order valence-corrected chi connectivity index (χ1v) is 10.2. The molecule has 0 saturated carbocycles. The number of amides is 1. The maximum absolute atomic E-state index is 13.0. The molecule has 0 spiro atoms. The summed E-state index contributed by atoms with van der Waals surface area (Å²) in [6.45, 7) is 2.44. The van der Waals surface area contributed by atoms with Crippen molar-refractivity contribution in [2.75, 3.05) is 17.4 Å². The Bertz CT molecular complexity index is 868. The van der Waals surface area contributed by atoms with Gasteiger partial charge in [0.1, 0.15) is 5.75 Å². The molecule has 0 saturated heterocycles. The van der Waals surface area contributed by atoms with Crippen LogP contribution in [0.3, 0.4) is 0 Å². The summed E-state index contributed by atoms with van der Waals surface area (Å²) in [5.74, 6) is -0.0424. The molecule has 2 aromatic rings. The zero-order valence-electron chi connectivity index (χ0n) is 14.6. The normalized spacial score (nSPS) is 16.5. The Morgan fingerprint density at radius 3 is 2.58 bits per heavy atom. The van der Waals surface area contributed by atoms with Gasteiger partial charge < -0.3 is 10.1 Å². The van der Waals surface area contributed by atoms with Crippen LogP contribution in [0.25, 0.3) is 0 Å². The number of nitrogens with zero attached hydrogens (tertiary/aromatic N) is 1. The first kappa shape index (κ1) is 18.3. The molecule has 1 aliphatic rings. The second-order valence-corrected chi connectivity index (χ2v) is 8.03. The molecule has 0 fully saturated rings. The number of sulfonamides is 1. The third-order valence-electron chi connectivity index (χ3n) is 4.10. The Morgan fingerprint density at radius 1 is 1.15 bits per heavy atom. The highest BCUT2D eigenvalue weighted by Gasteiger charge is 2.36. The zero-order chi connectivity index (χ0) is 18.6. The van der Waals surface area contributed by atoms with E-state index in [1.165, 1.54) is 4.31 Å². The van der Waals surface area contributed by atoms with E-state index >= 15 is 0 Å². The van der Waals surface area contributed by atoms with Gasteiger partial charge in [0.2, 0.25) is 10.0 Å². The maximum atomic E-state index is 13.0. The van der Waals surface area contributed by atoms with Crippen molar-refractivity contribution in [2.45, 2.75) is 25.2 Å². The van der Waals surface area contributed by atoms with Crippen LogP contribution in [0.5, 0.6) is 5.75 Å². The molecule has 1 amide bonds. The molecule has 1 N–H and O–H groups in total. The lowest BCUT2D eigenvalue weighted by molar-refractivity contribution is -0.127. The minimum Gasteiger partial charge on any atom is -0.476 e. The van der Waals surface area contributed by atoms with Crippen molar-refractivity contribution in [3.05, 3.63) is 60.2 Å². The lowest BCUT2D eigenvalue weighted by Gasteiger charge is -2.34. The Kier molecular flexibility index (Phi) is 5.46. The third kappa shape index (κ3) is 3.99. The molecular weight excluding hydrogens is 352 g/mol. The average Bonchev–Trinajstić information content (AvgIpc) is 2.65. The molecule has 1 unspecified atom stereocenters. The predicted molar refractivity (Wildman–Crippen MR) is 101 cm³/mol. The van der Waals surface area contributed by atoms with Crippen molar-refractivity contribution in [1.29, 1.82) is 0 Å². The Balaban J connectivity index is 1.90. The van der Waals surface area contributed by atoms with Gasteiger partial charge in [-0.15, -0.1) is 0 Å². The van der Waals surface area contributed by atoms with Crippen LogP contribution in [0.2, 0.25) is 0 Å². The molecule has 3 rings (SSSR count). The summed E-state index contributed by atoms with van der Waals surface area (Å²) in [4.78, 5) is 12.3. The van der Waals surface area contributed by atoms with Crippen molar-refractivity contribution in [3.63, 3.8) is 0 Å². The number of nitrogens with one attached hydrogen (secondary N) is 1. The summed E-state index contributed by atoms with van der Waals surface area (Å²) in [5.41, 5.74) is 1.16. The van der Waals surface area contributed by atoms with E-state index in [0.29, 0.717) is 23.5 Å². The molecule has 6 nitrogen and oxygen atoms in total. The van der Waals surface area contributed by atoms with Crippen molar-refractivity contribution < 1.29 is 17.9 Å². The molecule has 0 aliphatic carbocycles. The van der Waals surface area contributed by atoms with Crippen molar-refractivity contribution in [2.24, 2.45) is 0 Å². The van der Waals surface area contributed by atoms with Crippen LogP contribution in [0.15, 0.2) is 54.6 Å².